The molecule has 20 heavy (non-hydrogen) atoms. The van der Waals surface area contributed by atoms with E-state index in [4.69, 9.17) is 9.47 Å². The molecule has 110 valence electrons. The molecule has 2 atom stereocenters. The number of nitrogens with zero attached hydrogens (tertiary/aromatic N) is 2. The minimum atomic E-state index is -0.221. The van der Waals surface area contributed by atoms with Crippen molar-refractivity contribution < 1.29 is 14.3 Å². The first kappa shape index (κ1) is 14.1. The maximum Gasteiger partial charge on any atom is 0.179 e. The maximum absolute atomic E-state index is 12.7. The Labute approximate surface area is 122 Å². The van der Waals surface area contributed by atoms with Crippen molar-refractivity contribution in [3.8, 4) is 0 Å². The zero-order valence-corrected chi connectivity index (χ0v) is 12.6. The molecular weight excluding hydrogens is 276 g/mol. The van der Waals surface area contributed by atoms with Crippen LogP contribution >= 0.6 is 11.5 Å². The van der Waals surface area contributed by atoms with E-state index in [1.165, 1.54) is 11.5 Å². The Morgan fingerprint density at radius 2 is 2.40 bits per heavy atom. The minimum absolute atomic E-state index is 0.0308. The van der Waals surface area contributed by atoms with Gasteiger partial charge in [0.2, 0.25) is 0 Å². The van der Waals surface area contributed by atoms with Crippen molar-refractivity contribution in [1.29, 1.82) is 0 Å². The SMILES string of the molecule is CCCc1nnsc1C(=O)C1CCOC2(CCOC2)C1. The summed E-state index contributed by atoms with van der Waals surface area (Å²) in [6, 6.07) is 0. The van der Waals surface area contributed by atoms with Gasteiger partial charge in [-0.1, -0.05) is 17.8 Å². The number of hydrogen-bond acceptors (Lipinski definition) is 6. The van der Waals surface area contributed by atoms with Crippen molar-refractivity contribution in [2.45, 2.75) is 44.6 Å². The number of carbonyl (C=O) groups is 1. The largest absolute Gasteiger partial charge is 0.378 e. The highest BCUT2D eigenvalue weighted by Gasteiger charge is 2.43. The fourth-order valence-corrected chi connectivity index (χ4v) is 3.82. The summed E-state index contributed by atoms with van der Waals surface area (Å²) >= 11 is 1.24. The lowest BCUT2D eigenvalue weighted by atomic mass is 9.82. The van der Waals surface area contributed by atoms with Gasteiger partial charge in [-0.2, -0.15) is 0 Å². The summed E-state index contributed by atoms with van der Waals surface area (Å²) in [7, 11) is 0. The number of aromatic nitrogens is 2. The van der Waals surface area contributed by atoms with Crippen molar-refractivity contribution in [2.24, 2.45) is 5.92 Å². The number of aryl methyl sites for hydroxylation is 1. The highest BCUT2D eigenvalue weighted by molar-refractivity contribution is 7.08. The van der Waals surface area contributed by atoms with E-state index in [9.17, 15) is 4.79 Å². The summed E-state index contributed by atoms with van der Waals surface area (Å²) in [6.45, 7) is 4.10. The molecule has 3 rings (SSSR count). The number of Topliss-reactive ketones (excluding diaryl/α,β-unsaturated/α-hetero) is 1. The molecule has 0 saturated carbocycles. The predicted molar refractivity (Wildman–Crippen MR) is 75.1 cm³/mol. The van der Waals surface area contributed by atoms with Crippen LogP contribution in [0.15, 0.2) is 0 Å². The van der Waals surface area contributed by atoms with E-state index < -0.39 is 0 Å². The van der Waals surface area contributed by atoms with Crippen LogP contribution in [0.3, 0.4) is 0 Å². The van der Waals surface area contributed by atoms with E-state index in [0.717, 1.165) is 49.3 Å². The van der Waals surface area contributed by atoms with Crippen LogP contribution < -0.4 is 0 Å². The van der Waals surface area contributed by atoms with Crippen molar-refractivity contribution in [2.75, 3.05) is 19.8 Å². The molecule has 1 aromatic rings. The van der Waals surface area contributed by atoms with E-state index in [1.54, 1.807) is 0 Å². The smallest absolute Gasteiger partial charge is 0.179 e. The predicted octanol–water partition coefficient (Wildman–Crippen LogP) is 2.26. The van der Waals surface area contributed by atoms with Crippen LogP contribution in [0.5, 0.6) is 0 Å². The van der Waals surface area contributed by atoms with E-state index >= 15 is 0 Å². The summed E-state index contributed by atoms with van der Waals surface area (Å²) in [5.74, 6) is 0.237. The van der Waals surface area contributed by atoms with Gasteiger partial charge < -0.3 is 9.47 Å². The zero-order valence-electron chi connectivity index (χ0n) is 11.8. The Morgan fingerprint density at radius 3 is 3.15 bits per heavy atom. The number of carbonyl (C=O) groups excluding carboxylic acids is 1. The van der Waals surface area contributed by atoms with Crippen LogP contribution in [0.2, 0.25) is 0 Å². The van der Waals surface area contributed by atoms with E-state index in [0.29, 0.717) is 13.2 Å². The lowest BCUT2D eigenvalue weighted by molar-refractivity contribution is -0.0920. The molecule has 6 heteroatoms. The molecule has 5 nitrogen and oxygen atoms in total. The van der Waals surface area contributed by atoms with Gasteiger partial charge in [0.25, 0.3) is 0 Å². The van der Waals surface area contributed by atoms with Gasteiger partial charge in [0.15, 0.2) is 5.78 Å². The molecule has 1 spiro atoms. The fourth-order valence-electron chi connectivity index (χ4n) is 3.10. The molecule has 0 radical (unpaired) electrons. The number of rotatable bonds is 4. The molecular formula is C14H20N2O3S. The Hall–Kier alpha value is -0.850. The topological polar surface area (TPSA) is 61.3 Å². The van der Waals surface area contributed by atoms with Gasteiger partial charge in [-0.25, -0.2) is 0 Å². The summed E-state index contributed by atoms with van der Waals surface area (Å²) in [4.78, 5) is 13.5. The fraction of sp³-hybridized carbons (Fsp3) is 0.786. The van der Waals surface area contributed by atoms with Crippen LogP contribution in [0.25, 0.3) is 0 Å². The first-order valence-corrected chi connectivity index (χ1v) is 8.08. The standard InChI is InChI=1S/C14H20N2O3S/c1-2-3-11-13(20-16-15-11)12(17)10-4-6-19-14(8-10)5-7-18-9-14/h10H,2-9H2,1H3. The average molecular weight is 296 g/mol. The molecule has 3 heterocycles. The first-order valence-electron chi connectivity index (χ1n) is 7.31. The second-order valence-electron chi connectivity index (χ2n) is 5.69. The second-order valence-corrected chi connectivity index (χ2v) is 6.44. The van der Waals surface area contributed by atoms with E-state index in [2.05, 4.69) is 16.5 Å². The van der Waals surface area contributed by atoms with Gasteiger partial charge in [-0.3, -0.25) is 4.79 Å². The zero-order chi connectivity index (χ0) is 14.0. The Kier molecular flexibility index (Phi) is 4.14. The van der Waals surface area contributed by atoms with Crippen LogP contribution in [-0.2, 0) is 15.9 Å². The van der Waals surface area contributed by atoms with Gasteiger partial charge in [0.1, 0.15) is 4.88 Å². The Bertz CT molecular complexity index is 483. The van der Waals surface area contributed by atoms with Gasteiger partial charge >= 0.3 is 0 Å². The molecule has 0 amide bonds. The maximum atomic E-state index is 12.7. The normalized spacial score (nSPS) is 29.9. The van der Waals surface area contributed by atoms with Crippen molar-refractivity contribution >= 4 is 17.3 Å². The molecule has 0 aliphatic carbocycles. The van der Waals surface area contributed by atoms with Gasteiger partial charge in [-0.15, -0.1) is 5.10 Å². The van der Waals surface area contributed by atoms with Crippen LogP contribution in [0, 0.1) is 5.92 Å². The summed E-state index contributed by atoms with van der Waals surface area (Å²) in [6.07, 6.45) is 4.28. The molecule has 0 aromatic carbocycles. The molecule has 0 N–H and O–H groups in total. The van der Waals surface area contributed by atoms with Crippen molar-refractivity contribution in [1.82, 2.24) is 9.59 Å². The summed E-state index contributed by atoms with van der Waals surface area (Å²) < 4.78 is 15.3. The molecule has 1 aromatic heterocycles. The van der Waals surface area contributed by atoms with Crippen LogP contribution in [0.1, 0.15) is 48.0 Å². The molecule has 2 fully saturated rings. The lowest BCUT2D eigenvalue weighted by Gasteiger charge is -2.36. The third kappa shape index (κ3) is 2.64. The monoisotopic (exact) mass is 296 g/mol. The van der Waals surface area contributed by atoms with Gasteiger partial charge in [0, 0.05) is 25.6 Å². The molecule has 2 unspecified atom stereocenters. The minimum Gasteiger partial charge on any atom is -0.378 e. The first-order chi connectivity index (χ1) is 9.74. The molecule has 2 aliphatic rings. The van der Waals surface area contributed by atoms with Crippen molar-refractivity contribution in [3.05, 3.63) is 10.6 Å². The summed E-state index contributed by atoms with van der Waals surface area (Å²) in [5.41, 5.74) is 0.646. The average Bonchev–Trinajstić information content (AvgIpc) is 3.09. The van der Waals surface area contributed by atoms with E-state index in [1.807, 2.05) is 0 Å². The number of ether oxygens (including phenoxy) is 2. The second kappa shape index (κ2) is 5.87. The molecule has 2 aliphatic heterocycles. The summed E-state index contributed by atoms with van der Waals surface area (Å²) in [5, 5.41) is 4.10. The van der Waals surface area contributed by atoms with Crippen molar-refractivity contribution in [3.63, 3.8) is 0 Å². The third-order valence-corrected chi connectivity index (χ3v) is 4.98. The quantitative estimate of drug-likeness (QED) is 0.798. The van der Waals surface area contributed by atoms with Crippen LogP contribution in [0.4, 0.5) is 0 Å². The number of hydrogen-bond donors (Lipinski definition) is 0. The Balaban J connectivity index is 1.74. The molecule has 0 bridgehead atoms. The van der Waals surface area contributed by atoms with Gasteiger partial charge in [0.05, 0.1) is 17.9 Å². The lowest BCUT2D eigenvalue weighted by Crippen LogP contribution is -2.42. The third-order valence-electron chi connectivity index (χ3n) is 4.20. The highest BCUT2D eigenvalue weighted by Crippen LogP contribution is 2.37. The van der Waals surface area contributed by atoms with Gasteiger partial charge in [-0.05, 0) is 30.8 Å². The van der Waals surface area contributed by atoms with Crippen LogP contribution in [-0.4, -0.2) is 40.8 Å². The Morgan fingerprint density at radius 1 is 1.50 bits per heavy atom. The van der Waals surface area contributed by atoms with E-state index in [-0.39, 0.29) is 17.3 Å². The molecule has 2 saturated heterocycles. The highest BCUT2D eigenvalue weighted by atomic mass is 32.1. The number of ketones is 1.